The summed E-state index contributed by atoms with van der Waals surface area (Å²) in [6, 6.07) is 13.2. The third-order valence-electron chi connectivity index (χ3n) is 5.22. The van der Waals surface area contributed by atoms with Gasteiger partial charge in [-0.05, 0) is 48.7 Å². The molecule has 0 aromatic heterocycles. The molecule has 6 nitrogen and oxygen atoms in total. The van der Waals surface area contributed by atoms with E-state index in [1.807, 2.05) is 0 Å². The fraction of sp³-hybridized carbons (Fsp3) is 0.238. The number of carbonyl (C=O) groups is 2. The lowest BCUT2D eigenvalue weighted by Crippen LogP contribution is -2.53. The molecule has 2 aromatic carbocycles. The van der Waals surface area contributed by atoms with Gasteiger partial charge in [0.25, 0.3) is 10.0 Å². The minimum absolute atomic E-state index is 0.199. The molecule has 0 bridgehead atoms. The van der Waals surface area contributed by atoms with Crippen molar-refractivity contribution in [2.75, 3.05) is 13.1 Å². The molecule has 29 heavy (non-hydrogen) atoms. The summed E-state index contributed by atoms with van der Waals surface area (Å²) in [7, 11) is -4.17. The first kappa shape index (κ1) is 20.7. The smallest absolute Gasteiger partial charge is 0.264 e. The van der Waals surface area contributed by atoms with E-state index in [1.165, 1.54) is 6.08 Å². The topological polar surface area (TPSA) is 83.6 Å². The van der Waals surface area contributed by atoms with Crippen LogP contribution >= 0.6 is 0 Å². The fourth-order valence-corrected chi connectivity index (χ4v) is 4.59. The summed E-state index contributed by atoms with van der Waals surface area (Å²) >= 11 is 0. The second-order valence-corrected chi connectivity index (χ2v) is 8.55. The quantitative estimate of drug-likeness (QED) is 0.759. The highest BCUT2D eigenvalue weighted by Crippen LogP contribution is 2.36. The van der Waals surface area contributed by atoms with Crippen LogP contribution in [0.4, 0.5) is 4.39 Å². The summed E-state index contributed by atoms with van der Waals surface area (Å²) in [6.07, 6.45) is 1.75. The summed E-state index contributed by atoms with van der Waals surface area (Å²) in [5.41, 5.74) is -0.427. The minimum Gasteiger partial charge on any atom is -0.339 e. The van der Waals surface area contributed by atoms with E-state index in [9.17, 15) is 22.4 Å². The molecule has 1 heterocycles. The van der Waals surface area contributed by atoms with E-state index in [-0.39, 0.29) is 23.6 Å². The number of hydrogen-bond donors (Lipinski definition) is 1. The Morgan fingerprint density at radius 2 is 1.62 bits per heavy atom. The van der Waals surface area contributed by atoms with Gasteiger partial charge in [0.15, 0.2) is 0 Å². The second-order valence-electron chi connectivity index (χ2n) is 6.87. The van der Waals surface area contributed by atoms with Gasteiger partial charge < -0.3 is 4.90 Å². The first-order valence-electron chi connectivity index (χ1n) is 9.08. The molecular formula is C21H21FN2O4S. The molecule has 2 aromatic rings. The Balaban J connectivity index is 1.91. The molecule has 0 spiro atoms. The second kappa shape index (κ2) is 8.16. The zero-order chi connectivity index (χ0) is 21.1. The maximum absolute atomic E-state index is 13.2. The average molecular weight is 416 g/mol. The Labute approximate surface area is 169 Å². The van der Waals surface area contributed by atoms with Gasteiger partial charge >= 0.3 is 0 Å². The van der Waals surface area contributed by atoms with E-state index in [2.05, 4.69) is 11.3 Å². The van der Waals surface area contributed by atoms with Gasteiger partial charge in [-0.15, -0.1) is 0 Å². The van der Waals surface area contributed by atoms with Crippen LogP contribution in [0.5, 0.6) is 0 Å². The number of halogens is 1. The van der Waals surface area contributed by atoms with E-state index < -0.39 is 27.2 Å². The highest BCUT2D eigenvalue weighted by atomic mass is 32.2. The minimum atomic E-state index is -4.17. The summed E-state index contributed by atoms with van der Waals surface area (Å²) in [5.74, 6) is -1.47. The Morgan fingerprint density at radius 3 is 2.17 bits per heavy atom. The van der Waals surface area contributed by atoms with E-state index in [0.29, 0.717) is 18.7 Å². The van der Waals surface area contributed by atoms with Crippen molar-refractivity contribution in [2.24, 2.45) is 0 Å². The number of nitrogens with one attached hydrogen (secondary N) is 1. The summed E-state index contributed by atoms with van der Waals surface area (Å²) in [6.45, 7) is 4.07. The number of amides is 2. The molecule has 0 atom stereocenters. The zero-order valence-electron chi connectivity index (χ0n) is 15.7. The molecule has 1 aliphatic rings. The number of hydrogen-bond acceptors (Lipinski definition) is 4. The van der Waals surface area contributed by atoms with Gasteiger partial charge in [-0.3, -0.25) is 9.59 Å². The highest BCUT2D eigenvalue weighted by molar-refractivity contribution is 7.90. The van der Waals surface area contributed by atoms with Gasteiger partial charge in [0, 0.05) is 13.1 Å². The monoisotopic (exact) mass is 416 g/mol. The normalized spacial score (nSPS) is 16.1. The maximum atomic E-state index is 13.2. The first-order chi connectivity index (χ1) is 13.8. The number of carbonyl (C=O) groups excluding carboxylic acids is 2. The Kier molecular flexibility index (Phi) is 5.83. The molecule has 0 saturated carbocycles. The van der Waals surface area contributed by atoms with Gasteiger partial charge in [-0.2, -0.15) is 0 Å². The molecule has 1 fully saturated rings. The third-order valence-corrected chi connectivity index (χ3v) is 6.56. The standard InChI is InChI=1S/C21H21FN2O4S/c1-2-19(25)24-14-12-21(13-15-24,16-6-4-3-5-7-16)20(26)23-29(27,28)18-10-8-17(22)9-11-18/h2-11H,1,12-15H2,(H,23,26). The third kappa shape index (κ3) is 4.22. The van der Waals surface area contributed by atoms with Crippen LogP contribution < -0.4 is 4.72 Å². The predicted octanol–water partition coefficient (Wildman–Crippen LogP) is 2.38. The fourth-order valence-electron chi connectivity index (χ4n) is 3.53. The van der Waals surface area contributed by atoms with Crippen LogP contribution in [0.25, 0.3) is 0 Å². The summed E-state index contributed by atoms with van der Waals surface area (Å²) < 4.78 is 40.6. The van der Waals surface area contributed by atoms with Gasteiger partial charge in [-0.25, -0.2) is 17.5 Å². The van der Waals surface area contributed by atoms with Crippen LogP contribution in [0.1, 0.15) is 18.4 Å². The lowest BCUT2D eigenvalue weighted by atomic mass is 9.72. The predicted molar refractivity (Wildman–Crippen MR) is 106 cm³/mol. The van der Waals surface area contributed by atoms with Gasteiger partial charge in [0.05, 0.1) is 10.3 Å². The molecule has 0 aliphatic carbocycles. The van der Waals surface area contributed by atoms with E-state index in [0.717, 1.165) is 24.3 Å². The number of benzene rings is 2. The van der Waals surface area contributed by atoms with Crippen LogP contribution in [0.2, 0.25) is 0 Å². The van der Waals surface area contributed by atoms with Crippen molar-refractivity contribution in [1.82, 2.24) is 9.62 Å². The van der Waals surface area contributed by atoms with Crippen LogP contribution in [0, 0.1) is 5.82 Å². The molecule has 0 unspecified atom stereocenters. The van der Waals surface area contributed by atoms with E-state index in [4.69, 9.17) is 0 Å². The van der Waals surface area contributed by atoms with Gasteiger partial charge in [-0.1, -0.05) is 36.9 Å². The number of piperidine rings is 1. The summed E-state index contributed by atoms with van der Waals surface area (Å²) in [5, 5.41) is 0. The number of likely N-dealkylation sites (tertiary alicyclic amines) is 1. The zero-order valence-corrected chi connectivity index (χ0v) is 16.5. The van der Waals surface area contributed by atoms with Crippen LogP contribution in [0.3, 0.4) is 0 Å². The highest BCUT2D eigenvalue weighted by Gasteiger charge is 2.44. The van der Waals surface area contributed by atoms with Crippen molar-refractivity contribution in [2.45, 2.75) is 23.2 Å². The SMILES string of the molecule is C=CC(=O)N1CCC(C(=O)NS(=O)(=O)c2ccc(F)cc2)(c2ccccc2)CC1. The van der Waals surface area contributed by atoms with E-state index in [1.54, 1.807) is 35.2 Å². The number of nitrogens with zero attached hydrogens (tertiary/aromatic N) is 1. The van der Waals surface area contributed by atoms with Crippen molar-refractivity contribution < 1.29 is 22.4 Å². The van der Waals surface area contributed by atoms with Crippen molar-refractivity contribution in [1.29, 1.82) is 0 Å². The van der Waals surface area contributed by atoms with Crippen molar-refractivity contribution >= 4 is 21.8 Å². The van der Waals surface area contributed by atoms with Crippen LogP contribution in [-0.2, 0) is 25.0 Å². The largest absolute Gasteiger partial charge is 0.339 e. The number of sulfonamides is 1. The molecule has 8 heteroatoms. The van der Waals surface area contributed by atoms with Gasteiger partial charge in [0.2, 0.25) is 11.8 Å². The molecule has 0 radical (unpaired) electrons. The molecule has 152 valence electrons. The molecule has 2 amide bonds. The first-order valence-corrected chi connectivity index (χ1v) is 10.6. The van der Waals surface area contributed by atoms with Crippen molar-refractivity contribution in [3.8, 4) is 0 Å². The maximum Gasteiger partial charge on any atom is 0.264 e. The lowest BCUT2D eigenvalue weighted by Gasteiger charge is -2.40. The molecule has 1 saturated heterocycles. The molecule has 3 rings (SSSR count). The average Bonchev–Trinajstić information content (AvgIpc) is 2.73. The molecule has 1 N–H and O–H groups in total. The van der Waals surface area contributed by atoms with E-state index >= 15 is 0 Å². The Morgan fingerprint density at radius 1 is 1.03 bits per heavy atom. The Bertz CT molecular complexity index is 1010. The van der Waals surface area contributed by atoms with Crippen LogP contribution in [0.15, 0.2) is 72.1 Å². The van der Waals surface area contributed by atoms with Crippen LogP contribution in [-0.4, -0.2) is 38.2 Å². The van der Waals surface area contributed by atoms with Crippen molar-refractivity contribution in [3.05, 3.63) is 78.6 Å². The summed E-state index contributed by atoms with van der Waals surface area (Å²) in [4.78, 5) is 26.5. The Hall–Kier alpha value is -3.00. The molecular weight excluding hydrogens is 395 g/mol. The number of rotatable bonds is 5. The van der Waals surface area contributed by atoms with Gasteiger partial charge in [0.1, 0.15) is 5.82 Å². The molecule has 1 aliphatic heterocycles. The van der Waals surface area contributed by atoms with Crippen molar-refractivity contribution in [3.63, 3.8) is 0 Å². The lowest BCUT2D eigenvalue weighted by molar-refractivity contribution is -0.132.